The largest absolute Gasteiger partial charge is 0.340 e. The number of hydrogen-bond acceptors (Lipinski definition) is 3. The lowest BCUT2D eigenvalue weighted by Gasteiger charge is -2.35. The molecule has 4 unspecified atom stereocenters. The number of carbonyl (C=O) groups excluding carboxylic acids is 2. The van der Waals surface area contributed by atoms with E-state index in [2.05, 4.69) is 5.32 Å². The lowest BCUT2D eigenvalue weighted by Crippen LogP contribution is -2.52. The van der Waals surface area contributed by atoms with Crippen LogP contribution in [0.2, 0.25) is 5.02 Å². The van der Waals surface area contributed by atoms with Crippen LogP contribution in [0.15, 0.2) is 24.3 Å². The molecule has 2 heterocycles. The minimum absolute atomic E-state index is 0.0526. The molecule has 4 atom stereocenters. The summed E-state index contributed by atoms with van der Waals surface area (Å²) in [7, 11) is 1.89. The van der Waals surface area contributed by atoms with Gasteiger partial charge in [0.1, 0.15) is 6.04 Å². The van der Waals surface area contributed by atoms with Crippen LogP contribution < -0.4 is 5.32 Å². The zero-order valence-electron chi connectivity index (χ0n) is 15.9. The summed E-state index contributed by atoms with van der Waals surface area (Å²) in [5.74, 6) is 0.475. The molecule has 1 aliphatic carbocycles. The average Bonchev–Trinajstić information content (AvgIpc) is 3.34. The molecule has 0 spiro atoms. The number of likely N-dealkylation sites (N-methyl/N-ethyl adjacent to an activating group) is 1. The first-order chi connectivity index (χ1) is 13.1. The second-order valence-electron chi connectivity index (χ2n) is 8.18. The first kappa shape index (κ1) is 18.8. The standard InChI is InChI=1S/C21H28ClN3O2/c1-24(17-9-10-23-13-17)21(27)19-12-14-5-2-3-8-18(14)25(19)20(26)15-6-4-7-16(22)11-15/h4,6-7,11,14,17-19,23H,2-3,5,8-10,12-13H2,1H3. The molecule has 3 fully saturated rings. The molecular weight excluding hydrogens is 362 g/mol. The number of amides is 2. The third-order valence-corrected chi connectivity index (χ3v) is 6.84. The van der Waals surface area contributed by atoms with E-state index in [4.69, 9.17) is 11.6 Å². The highest BCUT2D eigenvalue weighted by Gasteiger charge is 2.48. The number of fused-ring (bicyclic) bond motifs is 1. The van der Waals surface area contributed by atoms with Crippen LogP contribution in [0.1, 0.15) is 48.9 Å². The van der Waals surface area contributed by atoms with Crippen molar-refractivity contribution >= 4 is 23.4 Å². The maximum atomic E-state index is 13.4. The molecule has 1 aromatic carbocycles. The summed E-state index contributed by atoms with van der Waals surface area (Å²) in [4.78, 5) is 30.5. The fourth-order valence-corrected chi connectivity index (χ4v) is 5.32. The minimum atomic E-state index is -0.352. The van der Waals surface area contributed by atoms with Gasteiger partial charge in [-0.3, -0.25) is 9.59 Å². The maximum Gasteiger partial charge on any atom is 0.254 e. The Bertz CT molecular complexity index is 719. The first-order valence-corrected chi connectivity index (χ1v) is 10.5. The number of hydrogen-bond donors (Lipinski definition) is 1. The predicted molar refractivity (Wildman–Crippen MR) is 106 cm³/mol. The van der Waals surface area contributed by atoms with Gasteiger partial charge in [0.2, 0.25) is 5.91 Å². The van der Waals surface area contributed by atoms with Gasteiger partial charge in [0.25, 0.3) is 5.91 Å². The van der Waals surface area contributed by atoms with Crippen molar-refractivity contribution < 1.29 is 9.59 Å². The lowest BCUT2D eigenvalue weighted by atomic mass is 9.84. The summed E-state index contributed by atoms with van der Waals surface area (Å²) >= 11 is 6.12. The maximum absolute atomic E-state index is 13.4. The van der Waals surface area contributed by atoms with Gasteiger partial charge in [-0.1, -0.05) is 30.5 Å². The van der Waals surface area contributed by atoms with E-state index in [1.54, 1.807) is 24.3 Å². The second kappa shape index (κ2) is 7.80. The molecule has 5 nitrogen and oxygen atoms in total. The molecule has 0 bridgehead atoms. The van der Waals surface area contributed by atoms with Crippen LogP contribution in [0, 0.1) is 5.92 Å². The minimum Gasteiger partial charge on any atom is -0.340 e. The molecule has 1 aromatic rings. The van der Waals surface area contributed by atoms with E-state index in [9.17, 15) is 9.59 Å². The summed E-state index contributed by atoms with van der Waals surface area (Å²) in [5.41, 5.74) is 0.580. The van der Waals surface area contributed by atoms with E-state index < -0.39 is 0 Å². The van der Waals surface area contributed by atoms with Crippen molar-refractivity contribution in [1.82, 2.24) is 15.1 Å². The Balaban J connectivity index is 1.61. The molecule has 2 saturated heterocycles. The molecule has 27 heavy (non-hydrogen) atoms. The van der Waals surface area contributed by atoms with Gasteiger partial charge in [-0.25, -0.2) is 0 Å². The highest BCUT2D eigenvalue weighted by molar-refractivity contribution is 6.31. The summed E-state index contributed by atoms with van der Waals surface area (Å²) < 4.78 is 0. The zero-order valence-corrected chi connectivity index (χ0v) is 16.6. The Morgan fingerprint density at radius 2 is 2.04 bits per heavy atom. The van der Waals surface area contributed by atoms with Crippen LogP contribution in [-0.2, 0) is 4.79 Å². The fourth-order valence-electron chi connectivity index (χ4n) is 5.13. The Hall–Kier alpha value is -1.59. The lowest BCUT2D eigenvalue weighted by molar-refractivity contribution is -0.136. The van der Waals surface area contributed by atoms with Crippen molar-refractivity contribution in [2.24, 2.45) is 5.92 Å². The topological polar surface area (TPSA) is 52.7 Å². The first-order valence-electron chi connectivity index (χ1n) is 10.1. The van der Waals surface area contributed by atoms with Crippen LogP contribution in [-0.4, -0.2) is 59.9 Å². The summed E-state index contributed by atoms with van der Waals surface area (Å²) in [5, 5.41) is 3.88. The van der Waals surface area contributed by atoms with Gasteiger partial charge in [-0.05, 0) is 56.3 Å². The molecular formula is C21H28ClN3O2. The third-order valence-electron chi connectivity index (χ3n) is 6.61. The Morgan fingerprint density at radius 1 is 1.22 bits per heavy atom. The molecule has 1 saturated carbocycles. The van der Waals surface area contributed by atoms with Gasteiger partial charge < -0.3 is 15.1 Å². The van der Waals surface area contributed by atoms with Crippen molar-refractivity contribution in [2.75, 3.05) is 20.1 Å². The highest BCUT2D eigenvalue weighted by Crippen LogP contribution is 2.41. The van der Waals surface area contributed by atoms with E-state index in [-0.39, 0.29) is 29.9 Å². The van der Waals surface area contributed by atoms with Gasteiger partial charge in [-0.15, -0.1) is 0 Å². The number of nitrogens with zero attached hydrogens (tertiary/aromatic N) is 2. The summed E-state index contributed by atoms with van der Waals surface area (Å²) in [6, 6.07) is 7.14. The Labute approximate surface area is 166 Å². The number of rotatable bonds is 3. The van der Waals surface area contributed by atoms with Crippen molar-refractivity contribution in [3.05, 3.63) is 34.9 Å². The van der Waals surface area contributed by atoms with E-state index >= 15 is 0 Å². The molecule has 2 aliphatic heterocycles. The average molecular weight is 390 g/mol. The third kappa shape index (κ3) is 3.59. The molecule has 146 valence electrons. The number of nitrogens with one attached hydrogen (secondary N) is 1. The Kier molecular flexibility index (Phi) is 5.42. The molecule has 0 radical (unpaired) electrons. The fraction of sp³-hybridized carbons (Fsp3) is 0.619. The van der Waals surface area contributed by atoms with Gasteiger partial charge >= 0.3 is 0 Å². The van der Waals surface area contributed by atoms with Crippen LogP contribution in [0.4, 0.5) is 0 Å². The number of likely N-dealkylation sites (tertiary alicyclic amines) is 1. The normalized spacial score (nSPS) is 30.2. The van der Waals surface area contributed by atoms with E-state index in [1.807, 2.05) is 16.8 Å². The highest BCUT2D eigenvalue weighted by atomic mass is 35.5. The van der Waals surface area contributed by atoms with Crippen LogP contribution in [0.5, 0.6) is 0 Å². The van der Waals surface area contributed by atoms with Gasteiger partial charge in [0.15, 0.2) is 0 Å². The molecule has 1 N–H and O–H groups in total. The van der Waals surface area contributed by atoms with E-state index in [0.29, 0.717) is 16.5 Å². The number of benzene rings is 1. The summed E-state index contributed by atoms with van der Waals surface area (Å²) in [6.07, 6.45) is 6.20. The van der Waals surface area contributed by atoms with Gasteiger partial charge in [0.05, 0.1) is 0 Å². The van der Waals surface area contributed by atoms with Crippen molar-refractivity contribution in [3.63, 3.8) is 0 Å². The molecule has 6 heteroatoms. The molecule has 0 aromatic heterocycles. The van der Waals surface area contributed by atoms with E-state index in [1.165, 1.54) is 6.42 Å². The van der Waals surface area contributed by atoms with Crippen LogP contribution in [0.3, 0.4) is 0 Å². The van der Waals surface area contributed by atoms with Crippen LogP contribution in [0.25, 0.3) is 0 Å². The van der Waals surface area contributed by atoms with Crippen molar-refractivity contribution in [2.45, 2.75) is 56.7 Å². The molecule has 3 aliphatic rings. The predicted octanol–water partition coefficient (Wildman–Crippen LogP) is 2.93. The quantitative estimate of drug-likeness (QED) is 0.864. The number of carbonyl (C=O) groups is 2. The zero-order chi connectivity index (χ0) is 19.0. The monoisotopic (exact) mass is 389 g/mol. The SMILES string of the molecule is CN(C(=O)C1CC2CCCCC2N1C(=O)c1cccc(Cl)c1)C1CCNC1. The van der Waals surface area contributed by atoms with Crippen molar-refractivity contribution in [3.8, 4) is 0 Å². The van der Waals surface area contributed by atoms with Crippen LogP contribution >= 0.6 is 11.6 Å². The van der Waals surface area contributed by atoms with Crippen molar-refractivity contribution in [1.29, 1.82) is 0 Å². The van der Waals surface area contributed by atoms with Gasteiger partial charge in [-0.2, -0.15) is 0 Å². The molecule has 2 amide bonds. The smallest absolute Gasteiger partial charge is 0.254 e. The molecule has 4 rings (SSSR count). The second-order valence-corrected chi connectivity index (χ2v) is 8.62. The van der Waals surface area contributed by atoms with Gasteiger partial charge in [0, 0.05) is 36.3 Å². The summed E-state index contributed by atoms with van der Waals surface area (Å²) in [6.45, 7) is 1.79. The Morgan fingerprint density at radius 3 is 2.78 bits per heavy atom. The number of halogens is 1. The van der Waals surface area contributed by atoms with E-state index in [0.717, 1.165) is 45.2 Å².